The molecule has 7 heteroatoms. The Hall–Kier alpha value is -0.580. The second-order valence-corrected chi connectivity index (χ2v) is 4.38. The van der Waals surface area contributed by atoms with E-state index < -0.39 is 13.8 Å². The van der Waals surface area contributed by atoms with Gasteiger partial charge in [-0.05, 0) is 13.8 Å². The van der Waals surface area contributed by atoms with Crippen LogP contribution in [0.15, 0.2) is 0 Å². The van der Waals surface area contributed by atoms with Gasteiger partial charge in [0.05, 0.1) is 6.10 Å². The molecule has 1 N–H and O–H groups in total. The first-order valence-corrected chi connectivity index (χ1v) is 5.18. The first-order valence-electron chi connectivity index (χ1n) is 3.64. The zero-order valence-corrected chi connectivity index (χ0v) is 8.96. The van der Waals surface area contributed by atoms with Gasteiger partial charge >= 0.3 is 13.8 Å². The van der Waals surface area contributed by atoms with Gasteiger partial charge in [-0.1, -0.05) is 0 Å². The largest absolute Gasteiger partial charge is 0.447 e. The van der Waals surface area contributed by atoms with E-state index in [0.717, 1.165) is 0 Å². The van der Waals surface area contributed by atoms with Gasteiger partial charge in [0.25, 0.3) is 0 Å². The van der Waals surface area contributed by atoms with Crippen LogP contribution in [0.1, 0.15) is 13.8 Å². The molecule has 0 saturated heterocycles. The van der Waals surface area contributed by atoms with E-state index in [1.54, 1.807) is 13.8 Å². The number of ether oxygens (including phenoxy) is 1. The van der Waals surface area contributed by atoms with Crippen molar-refractivity contribution in [1.82, 2.24) is 5.09 Å². The van der Waals surface area contributed by atoms with Gasteiger partial charge in [0.1, 0.15) is 0 Å². The van der Waals surface area contributed by atoms with Crippen LogP contribution in [0.2, 0.25) is 0 Å². The Balaban J connectivity index is 4.10. The average molecular weight is 211 g/mol. The highest BCUT2D eigenvalue weighted by atomic mass is 31.2. The van der Waals surface area contributed by atoms with Crippen molar-refractivity contribution in [3.8, 4) is 0 Å². The maximum absolute atomic E-state index is 11.3. The number of hydrogen-bond acceptors (Lipinski definition) is 5. The molecular weight excluding hydrogens is 197 g/mol. The summed E-state index contributed by atoms with van der Waals surface area (Å²) in [6.07, 6.45) is -1.12. The Bertz CT molecular complexity index is 209. The fourth-order valence-electron chi connectivity index (χ4n) is 0.518. The third-order valence-electron chi connectivity index (χ3n) is 1.05. The molecule has 0 heterocycles. The zero-order valence-electron chi connectivity index (χ0n) is 8.07. The first-order chi connectivity index (χ1) is 5.93. The highest BCUT2D eigenvalue weighted by molar-refractivity contribution is 7.52. The predicted octanol–water partition coefficient (Wildman–Crippen LogP) is 1.52. The van der Waals surface area contributed by atoms with Crippen molar-refractivity contribution in [1.29, 1.82) is 0 Å². The van der Waals surface area contributed by atoms with E-state index in [-0.39, 0.29) is 6.10 Å². The van der Waals surface area contributed by atoms with Crippen LogP contribution in [0.5, 0.6) is 0 Å². The molecule has 0 saturated carbocycles. The Morgan fingerprint density at radius 1 is 1.31 bits per heavy atom. The van der Waals surface area contributed by atoms with Crippen LogP contribution in [-0.2, 0) is 18.3 Å². The van der Waals surface area contributed by atoms with Crippen molar-refractivity contribution in [2.45, 2.75) is 20.0 Å². The molecule has 0 aromatic rings. The number of hydrogen-bond donors (Lipinski definition) is 1. The highest BCUT2D eigenvalue weighted by Gasteiger charge is 2.25. The number of carbonyl (C=O) groups excluding carboxylic acids is 1. The Kier molecular flexibility index (Phi) is 4.98. The summed E-state index contributed by atoms with van der Waals surface area (Å²) in [5.41, 5.74) is 0. The van der Waals surface area contributed by atoms with Crippen molar-refractivity contribution in [3.63, 3.8) is 0 Å². The summed E-state index contributed by atoms with van der Waals surface area (Å²) in [6.45, 7) is 3.34. The molecule has 0 aromatic carbocycles. The zero-order chi connectivity index (χ0) is 10.5. The van der Waals surface area contributed by atoms with E-state index in [0.29, 0.717) is 0 Å². The first kappa shape index (κ1) is 12.4. The number of amides is 1. The summed E-state index contributed by atoms with van der Waals surface area (Å²) in [5.74, 6) is 0. The van der Waals surface area contributed by atoms with E-state index in [4.69, 9.17) is 0 Å². The standard InChI is InChI=1S/C6H14NO5P/c1-5(2)12-6(8)7-13(9,10-3)11-4/h5H,1-4H3,(H,7,8,9). The molecule has 0 rings (SSSR count). The van der Waals surface area contributed by atoms with Crippen molar-refractivity contribution in [2.24, 2.45) is 0 Å². The number of rotatable bonds is 4. The number of nitrogens with one attached hydrogen (secondary N) is 1. The van der Waals surface area contributed by atoms with Gasteiger partial charge in [-0.25, -0.2) is 14.4 Å². The van der Waals surface area contributed by atoms with Crippen molar-refractivity contribution in [3.05, 3.63) is 0 Å². The minimum absolute atomic E-state index is 0.290. The van der Waals surface area contributed by atoms with Crippen LogP contribution < -0.4 is 5.09 Å². The van der Waals surface area contributed by atoms with Crippen LogP contribution in [0.25, 0.3) is 0 Å². The molecule has 78 valence electrons. The van der Waals surface area contributed by atoms with Gasteiger partial charge in [0, 0.05) is 14.2 Å². The van der Waals surface area contributed by atoms with Crippen LogP contribution in [0.4, 0.5) is 4.79 Å². The van der Waals surface area contributed by atoms with Crippen molar-refractivity contribution in [2.75, 3.05) is 14.2 Å². The minimum atomic E-state index is -3.52. The molecule has 0 spiro atoms. The molecule has 0 atom stereocenters. The molecule has 0 bridgehead atoms. The molecule has 0 aliphatic heterocycles. The molecule has 0 fully saturated rings. The van der Waals surface area contributed by atoms with Crippen molar-refractivity contribution >= 4 is 13.8 Å². The normalized spacial score (nSPS) is 11.5. The Labute approximate surface area is 77.1 Å². The highest BCUT2D eigenvalue weighted by Crippen LogP contribution is 2.41. The van der Waals surface area contributed by atoms with Gasteiger partial charge in [-0.2, -0.15) is 0 Å². The molecule has 1 amide bonds. The fourth-order valence-corrected chi connectivity index (χ4v) is 1.13. The van der Waals surface area contributed by atoms with Gasteiger partial charge in [0.15, 0.2) is 0 Å². The van der Waals surface area contributed by atoms with E-state index >= 15 is 0 Å². The minimum Gasteiger partial charge on any atom is -0.447 e. The smallest absolute Gasteiger partial charge is 0.437 e. The quantitative estimate of drug-likeness (QED) is 0.713. The molecule has 6 nitrogen and oxygen atoms in total. The van der Waals surface area contributed by atoms with Gasteiger partial charge < -0.3 is 4.74 Å². The average Bonchev–Trinajstić information content (AvgIpc) is 2.02. The topological polar surface area (TPSA) is 73.9 Å². The second-order valence-electron chi connectivity index (χ2n) is 2.43. The van der Waals surface area contributed by atoms with Crippen molar-refractivity contribution < 1.29 is 23.1 Å². The van der Waals surface area contributed by atoms with Crippen LogP contribution in [0, 0.1) is 0 Å². The summed E-state index contributed by atoms with van der Waals surface area (Å²) in [7, 11) is -1.18. The third kappa shape index (κ3) is 4.87. The van der Waals surface area contributed by atoms with Crippen LogP contribution in [0.3, 0.4) is 0 Å². The maximum Gasteiger partial charge on any atom is 0.437 e. The Morgan fingerprint density at radius 2 is 1.77 bits per heavy atom. The van der Waals surface area contributed by atoms with Gasteiger partial charge in [-0.3, -0.25) is 9.05 Å². The summed E-state index contributed by atoms with van der Waals surface area (Å²) in [5, 5.41) is 1.97. The number of carbonyl (C=O) groups is 1. The summed E-state index contributed by atoms with van der Waals surface area (Å²) in [6, 6.07) is 0. The second kappa shape index (κ2) is 5.21. The monoisotopic (exact) mass is 211 g/mol. The SMILES string of the molecule is COP(=O)(NC(=O)OC(C)C)OC. The van der Waals surface area contributed by atoms with Gasteiger partial charge in [-0.15, -0.1) is 0 Å². The molecule has 0 unspecified atom stereocenters. The summed E-state index contributed by atoms with van der Waals surface area (Å²) in [4.78, 5) is 10.9. The van der Waals surface area contributed by atoms with Crippen LogP contribution >= 0.6 is 7.75 Å². The summed E-state index contributed by atoms with van der Waals surface area (Å²) < 4.78 is 24.9. The molecule has 0 radical (unpaired) electrons. The molecule has 13 heavy (non-hydrogen) atoms. The lowest BCUT2D eigenvalue weighted by Crippen LogP contribution is -2.25. The van der Waals surface area contributed by atoms with E-state index in [2.05, 4.69) is 13.8 Å². The predicted molar refractivity (Wildman–Crippen MR) is 46.4 cm³/mol. The molecular formula is C6H14NO5P. The molecule has 0 aromatic heterocycles. The lowest BCUT2D eigenvalue weighted by Gasteiger charge is -2.15. The van der Waals surface area contributed by atoms with E-state index in [1.807, 2.05) is 5.09 Å². The van der Waals surface area contributed by atoms with E-state index in [1.165, 1.54) is 14.2 Å². The lowest BCUT2D eigenvalue weighted by molar-refractivity contribution is 0.118. The van der Waals surface area contributed by atoms with Gasteiger partial charge in [0.2, 0.25) is 0 Å². The summed E-state index contributed by atoms with van der Waals surface area (Å²) >= 11 is 0. The maximum atomic E-state index is 11.3. The third-order valence-corrected chi connectivity index (χ3v) is 2.47. The molecule has 0 aliphatic rings. The fraction of sp³-hybridized carbons (Fsp3) is 0.833. The Morgan fingerprint density at radius 3 is 2.08 bits per heavy atom. The van der Waals surface area contributed by atoms with Crippen LogP contribution in [-0.4, -0.2) is 26.4 Å². The lowest BCUT2D eigenvalue weighted by atomic mass is 10.5. The van der Waals surface area contributed by atoms with E-state index in [9.17, 15) is 9.36 Å². The molecule has 0 aliphatic carbocycles.